The number of rotatable bonds is 5. The van der Waals surface area contributed by atoms with Gasteiger partial charge in [-0.2, -0.15) is 0 Å². The van der Waals surface area contributed by atoms with Crippen molar-refractivity contribution in [1.29, 1.82) is 0 Å². The summed E-state index contributed by atoms with van der Waals surface area (Å²) in [4.78, 5) is 11.5. The molecule has 0 aromatic rings. The number of carbonyl (C=O) groups is 1. The number of hydrogen-bond acceptors (Lipinski definition) is 2. The molecule has 3 N–H and O–H groups in total. The van der Waals surface area contributed by atoms with E-state index in [2.05, 4.69) is 5.32 Å². The molecule has 0 radical (unpaired) electrons. The van der Waals surface area contributed by atoms with Crippen molar-refractivity contribution in [2.45, 2.75) is 57.9 Å². The van der Waals surface area contributed by atoms with Crippen molar-refractivity contribution in [3.05, 3.63) is 0 Å². The first-order valence-electron chi connectivity index (χ1n) is 6.21. The predicted molar refractivity (Wildman–Crippen MR) is 62.5 cm³/mol. The fourth-order valence-corrected chi connectivity index (χ4v) is 2.22. The Kier molecular flexibility index (Phi) is 5.69. The molecule has 15 heavy (non-hydrogen) atoms. The minimum atomic E-state index is 0.115. The Balaban J connectivity index is 2.10. The second-order valence-corrected chi connectivity index (χ2v) is 4.75. The zero-order valence-electron chi connectivity index (χ0n) is 9.80. The zero-order valence-corrected chi connectivity index (χ0v) is 9.80. The van der Waals surface area contributed by atoms with Crippen molar-refractivity contribution in [3.63, 3.8) is 0 Å². The van der Waals surface area contributed by atoms with Crippen LogP contribution in [0.2, 0.25) is 0 Å². The highest BCUT2D eigenvalue weighted by molar-refractivity contribution is 5.76. The van der Waals surface area contributed by atoms with Crippen LogP contribution in [0.4, 0.5) is 0 Å². The number of nitrogens with two attached hydrogens (primary N) is 1. The summed E-state index contributed by atoms with van der Waals surface area (Å²) in [6.07, 6.45) is 8.46. The summed E-state index contributed by atoms with van der Waals surface area (Å²) < 4.78 is 0. The molecule has 3 nitrogen and oxygen atoms in total. The molecule has 0 aromatic heterocycles. The molecule has 1 saturated carbocycles. The molecule has 0 unspecified atom stereocenters. The first kappa shape index (κ1) is 12.5. The van der Waals surface area contributed by atoms with Crippen molar-refractivity contribution < 1.29 is 4.79 Å². The van der Waals surface area contributed by atoms with Crippen LogP contribution < -0.4 is 11.1 Å². The molecule has 1 atom stereocenters. The molecule has 1 fully saturated rings. The van der Waals surface area contributed by atoms with E-state index in [-0.39, 0.29) is 11.9 Å². The number of carbonyl (C=O) groups excluding carboxylic acids is 1. The molecule has 0 spiro atoms. The van der Waals surface area contributed by atoms with Crippen LogP contribution in [-0.2, 0) is 4.79 Å². The molecule has 1 aliphatic carbocycles. The van der Waals surface area contributed by atoms with Crippen molar-refractivity contribution in [2.24, 2.45) is 11.7 Å². The molecular weight excluding hydrogens is 188 g/mol. The summed E-state index contributed by atoms with van der Waals surface area (Å²) in [5.41, 5.74) is 5.44. The Morgan fingerprint density at radius 1 is 1.40 bits per heavy atom. The van der Waals surface area contributed by atoms with Gasteiger partial charge in [0.25, 0.3) is 0 Å². The monoisotopic (exact) mass is 212 g/mol. The maximum absolute atomic E-state index is 11.5. The van der Waals surface area contributed by atoms with Crippen LogP contribution in [0.5, 0.6) is 0 Å². The van der Waals surface area contributed by atoms with E-state index >= 15 is 0 Å². The predicted octanol–water partition coefficient (Wildman–Crippen LogP) is 1.81. The summed E-state index contributed by atoms with van der Waals surface area (Å²) in [6, 6.07) is 0.115. The summed E-state index contributed by atoms with van der Waals surface area (Å²) in [6.45, 7) is 2.47. The molecule has 88 valence electrons. The lowest BCUT2D eigenvalue weighted by atomic mass is 9.86. The highest BCUT2D eigenvalue weighted by Crippen LogP contribution is 2.27. The second kappa shape index (κ2) is 6.83. The van der Waals surface area contributed by atoms with Gasteiger partial charge in [-0.3, -0.25) is 4.79 Å². The van der Waals surface area contributed by atoms with Crippen LogP contribution in [0.25, 0.3) is 0 Å². The average Bonchev–Trinajstić information content (AvgIpc) is 2.27. The van der Waals surface area contributed by atoms with Gasteiger partial charge in [0.2, 0.25) is 5.91 Å². The molecule has 0 aliphatic heterocycles. The van der Waals surface area contributed by atoms with Gasteiger partial charge in [-0.25, -0.2) is 0 Å². The van der Waals surface area contributed by atoms with Gasteiger partial charge in [-0.15, -0.1) is 0 Å². The molecule has 0 heterocycles. The summed E-state index contributed by atoms with van der Waals surface area (Å²) >= 11 is 0. The van der Waals surface area contributed by atoms with E-state index in [9.17, 15) is 4.79 Å². The third kappa shape index (κ3) is 5.17. The van der Waals surface area contributed by atoms with E-state index < -0.39 is 0 Å². The third-order valence-electron chi connectivity index (χ3n) is 3.27. The first-order chi connectivity index (χ1) is 7.22. The van der Waals surface area contributed by atoms with E-state index in [1.54, 1.807) is 0 Å². The highest BCUT2D eigenvalue weighted by Gasteiger charge is 2.15. The van der Waals surface area contributed by atoms with Gasteiger partial charge in [0.1, 0.15) is 0 Å². The van der Waals surface area contributed by atoms with Gasteiger partial charge >= 0.3 is 0 Å². The maximum Gasteiger partial charge on any atom is 0.220 e. The minimum Gasteiger partial charge on any atom is -0.352 e. The second-order valence-electron chi connectivity index (χ2n) is 4.75. The lowest BCUT2D eigenvalue weighted by Gasteiger charge is -2.21. The summed E-state index contributed by atoms with van der Waals surface area (Å²) in [5, 5.41) is 2.91. The molecule has 0 aromatic carbocycles. The van der Waals surface area contributed by atoms with Gasteiger partial charge in [-0.1, -0.05) is 32.1 Å². The summed E-state index contributed by atoms with van der Waals surface area (Å²) in [7, 11) is 0. The Morgan fingerprint density at radius 3 is 2.67 bits per heavy atom. The highest BCUT2D eigenvalue weighted by atomic mass is 16.1. The Bertz CT molecular complexity index is 188. The molecule has 0 bridgehead atoms. The Morgan fingerprint density at radius 2 is 2.07 bits per heavy atom. The van der Waals surface area contributed by atoms with Crippen LogP contribution in [0.1, 0.15) is 51.9 Å². The molecule has 0 saturated heterocycles. The standard InChI is InChI=1S/C12H24N2O/c1-10(9-13)14-12(15)8-7-11-5-3-2-4-6-11/h10-11H,2-9,13H2,1H3,(H,14,15)/t10-/m0/s1. The van der Waals surface area contributed by atoms with Gasteiger partial charge < -0.3 is 11.1 Å². The van der Waals surface area contributed by atoms with Crippen molar-refractivity contribution in [2.75, 3.05) is 6.54 Å². The number of nitrogens with one attached hydrogen (secondary N) is 1. The van der Waals surface area contributed by atoms with Crippen LogP contribution in [-0.4, -0.2) is 18.5 Å². The average molecular weight is 212 g/mol. The van der Waals surface area contributed by atoms with Crippen molar-refractivity contribution >= 4 is 5.91 Å². The lowest BCUT2D eigenvalue weighted by Crippen LogP contribution is -2.37. The Hall–Kier alpha value is -0.570. The van der Waals surface area contributed by atoms with Crippen molar-refractivity contribution in [3.8, 4) is 0 Å². The van der Waals surface area contributed by atoms with Gasteiger partial charge in [-0.05, 0) is 19.3 Å². The van der Waals surface area contributed by atoms with Gasteiger partial charge in [0.05, 0.1) is 0 Å². The molecule has 1 aliphatic rings. The summed E-state index contributed by atoms with van der Waals surface area (Å²) in [5.74, 6) is 0.955. The van der Waals surface area contributed by atoms with Gasteiger partial charge in [0.15, 0.2) is 0 Å². The van der Waals surface area contributed by atoms with Crippen LogP contribution in [0.15, 0.2) is 0 Å². The smallest absolute Gasteiger partial charge is 0.220 e. The van der Waals surface area contributed by atoms with Crippen LogP contribution >= 0.6 is 0 Å². The topological polar surface area (TPSA) is 55.1 Å². The lowest BCUT2D eigenvalue weighted by molar-refractivity contribution is -0.122. The fraction of sp³-hybridized carbons (Fsp3) is 0.917. The quantitative estimate of drug-likeness (QED) is 0.730. The Labute approximate surface area is 92.8 Å². The van der Waals surface area contributed by atoms with Crippen LogP contribution in [0.3, 0.4) is 0 Å². The normalized spacial score (nSPS) is 19.9. The minimum absolute atomic E-state index is 0.115. The SMILES string of the molecule is C[C@@H](CN)NC(=O)CCC1CCCCC1. The third-order valence-corrected chi connectivity index (χ3v) is 3.27. The van der Waals surface area contributed by atoms with E-state index in [1.807, 2.05) is 6.92 Å². The fourth-order valence-electron chi connectivity index (χ4n) is 2.22. The van der Waals surface area contributed by atoms with E-state index in [0.29, 0.717) is 13.0 Å². The number of amides is 1. The first-order valence-corrected chi connectivity index (χ1v) is 6.21. The largest absolute Gasteiger partial charge is 0.352 e. The maximum atomic E-state index is 11.5. The molecule has 1 amide bonds. The van der Waals surface area contributed by atoms with E-state index in [1.165, 1.54) is 32.1 Å². The van der Waals surface area contributed by atoms with Gasteiger partial charge in [0, 0.05) is 19.0 Å². The van der Waals surface area contributed by atoms with Crippen molar-refractivity contribution in [1.82, 2.24) is 5.32 Å². The van der Waals surface area contributed by atoms with Crippen LogP contribution in [0, 0.1) is 5.92 Å². The van der Waals surface area contributed by atoms with E-state index in [4.69, 9.17) is 5.73 Å². The molecular formula is C12H24N2O. The molecule has 3 heteroatoms. The number of hydrogen-bond donors (Lipinski definition) is 2. The molecule has 1 rings (SSSR count). The van der Waals surface area contributed by atoms with E-state index in [0.717, 1.165) is 12.3 Å². The zero-order chi connectivity index (χ0) is 11.1.